The standard InChI is InChI=1S/C18H17FN2/c1-2-17(15-7-3-4-8-16(15)19)21-18-9-5-6-13-12-20-11-10-14(13)18/h3-12,17,21H,2H2,1H3. The smallest absolute Gasteiger partial charge is 0.128 e. The first kappa shape index (κ1) is 13.6. The third-order valence-corrected chi connectivity index (χ3v) is 3.70. The molecule has 1 unspecified atom stereocenters. The second kappa shape index (κ2) is 5.92. The minimum atomic E-state index is -0.168. The van der Waals surface area contributed by atoms with Crippen LogP contribution in [0.25, 0.3) is 10.8 Å². The van der Waals surface area contributed by atoms with Gasteiger partial charge in [0.25, 0.3) is 0 Å². The average molecular weight is 280 g/mol. The number of halogens is 1. The number of nitrogens with zero attached hydrogens (tertiary/aromatic N) is 1. The van der Waals surface area contributed by atoms with Crippen molar-refractivity contribution in [3.05, 3.63) is 72.3 Å². The Morgan fingerprint density at radius 2 is 1.95 bits per heavy atom. The van der Waals surface area contributed by atoms with Gasteiger partial charge in [-0.25, -0.2) is 4.39 Å². The number of hydrogen-bond acceptors (Lipinski definition) is 2. The molecule has 2 nitrogen and oxygen atoms in total. The van der Waals surface area contributed by atoms with E-state index in [0.29, 0.717) is 5.56 Å². The number of fused-ring (bicyclic) bond motifs is 1. The molecule has 0 bridgehead atoms. The molecule has 1 N–H and O–H groups in total. The van der Waals surface area contributed by atoms with Gasteiger partial charge in [-0.1, -0.05) is 37.3 Å². The molecule has 3 rings (SSSR count). The Morgan fingerprint density at radius 1 is 1.10 bits per heavy atom. The Bertz CT molecular complexity index is 750. The van der Waals surface area contributed by atoms with Gasteiger partial charge in [-0.3, -0.25) is 4.98 Å². The van der Waals surface area contributed by atoms with Crippen LogP contribution in [0.2, 0.25) is 0 Å². The summed E-state index contributed by atoms with van der Waals surface area (Å²) < 4.78 is 14.0. The number of anilines is 1. The zero-order chi connectivity index (χ0) is 14.7. The van der Waals surface area contributed by atoms with E-state index >= 15 is 0 Å². The highest BCUT2D eigenvalue weighted by Gasteiger charge is 2.14. The SMILES string of the molecule is CCC(Nc1cccc2cnccc12)c1ccccc1F. The van der Waals surface area contributed by atoms with Gasteiger partial charge in [0, 0.05) is 34.4 Å². The summed E-state index contributed by atoms with van der Waals surface area (Å²) in [6.45, 7) is 2.05. The molecule has 2 aromatic carbocycles. The first-order chi connectivity index (χ1) is 10.3. The van der Waals surface area contributed by atoms with Crippen LogP contribution in [0.3, 0.4) is 0 Å². The van der Waals surface area contributed by atoms with Crippen LogP contribution in [0.5, 0.6) is 0 Å². The second-order valence-corrected chi connectivity index (χ2v) is 5.03. The molecule has 1 aromatic heterocycles. The van der Waals surface area contributed by atoms with Crippen molar-refractivity contribution in [2.24, 2.45) is 0 Å². The molecule has 0 aliphatic rings. The molecule has 3 heteroatoms. The number of hydrogen-bond donors (Lipinski definition) is 1. The molecule has 21 heavy (non-hydrogen) atoms. The Balaban J connectivity index is 1.98. The van der Waals surface area contributed by atoms with Gasteiger partial charge in [0.15, 0.2) is 0 Å². The summed E-state index contributed by atoms with van der Waals surface area (Å²) in [5.41, 5.74) is 1.70. The molecule has 3 aromatic rings. The molecular weight excluding hydrogens is 263 g/mol. The molecule has 1 heterocycles. The van der Waals surface area contributed by atoms with E-state index in [1.165, 1.54) is 6.07 Å². The van der Waals surface area contributed by atoms with E-state index in [-0.39, 0.29) is 11.9 Å². The number of pyridine rings is 1. The lowest BCUT2D eigenvalue weighted by atomic mass is 10.0. The highest BCUT2D eigenvalue weighted by atomic mass is 19.1. The van der Waals surface area contributed by atoms with Gasteiger partial charge in [0.05, 0.1) is 6.04 Å². The quantitative estimate of drug-likeness (QED) is 0.732. The molecule has 0 aliphatic carbocycles. The van der Waals surface area contributed by atoms with Crippen LogP contribution in [-0.4, -0.2) is 4.98 Å². The highest BCUT2D eigenvalue weighted by molar-refractivity contribution is 5.93. The largest absolute Gasteiger partial charge is 0.378 e. The van der Waals surface area contributed by atoms with Crippen LogP contribution in [0.1, 0.15) is 24.9 Å². The summed E-state index contributed by atoms with van der Waals surface area (Å²) in [5, 5.41) is 5.64. The summed E-state index contributed by atoms with van der Waals surface area (Å²) in [6, 6.07) is 14.9. The summed E-state index contributed by atoms with van der Waals surface area (Å²) in [7, 11) is 0. The fraction of sp³-hybridized carbons (Fsp3) is 0.167. The van der Waals surface area contributed by atoms with Crippen LogP contribution in [0.4, 0.5) is 10.1 Å². The van der Waals surface area contributed by atoms with Crippen molar-refractivity contribution < 1.29 is 4.39 Å². The van der Waals surface area contributed by atoms with Crippen molar-refractivity contribution in [2.75, 3.05) is 5.32 Å². The highest BCUT2D eigenvalue weighted by Crippen LogP contribution is 2.29. The molecular formula is C18H17FN2. The van der Waals surface area contributed by atoms with Crippen molar-refractivity contribution in [1.29, 1.82) is 0 Å². The zero-order valence-corrected chi connectivity index (χ0v) is 11.9. The Kier molecular flexibility index (Phi) is 3.82. The predicted molar refractivity (Wildman–Crippen MR) is 84.8 cm³/mol. The van der Waals surface area contributed by atoms with Crippen LogP contribution >= 0.6 is 0 Å². The summed E-state index contributed by atoms with van der Waals surface area (Å²) >= 11 is 0. The maximum Gasteiger partial charge on any atom is 0.128 e. The molecule has 0 saturated heterocycles. The maximum atomic E-state index is 14.0. The van der Waals surface area contributed by atoms with E-state index in [2.05, 4.69) is 17.2 Å². The van der Waals surface area contributed by atoms with E-state index in [4.69, 9.17) is 0 Å². The lowest BCUT2D eigenvalue weighted by Gasteiger charge is -2.20. The van der Waals surface area contributed by atoms with Crippen molar-refractivity contribution in [1.82, 2.24) is 4.98 Å². The Hall–Kier alpha value is -2.42. The first-order valence-corrected chi connectivity index (χ1v) is 7.13. The third-order valence-electron chi connectivity index (χ3n) is 3.70. The fourth-order valence-electron chi connectivity index (χ4n) is 2.59. The van der Waals surface area contributed by atoms with E-state index in [0.717, 1.165) is 22.9 Å². The van der Waals surface area contributed by atoms with Crippen LogP contribution < -0.4 is 5.32 Å². The van der Waals surface area contributed by atoms with Gasteiger partial charge in [-0.05, 0) is 24.6 Å². The van der Waals surface area contributed by atoms with Crippen molar-refractivity contribution in [3.8, 4) is 0 Å². The number of aromatic nitrogens is 1. The maximum absolute atomic E-state index is 14.0. The minimum absolute atomic E-state index is 0.0510. The summed E-state index contributed by atoms with van der Waals surface area (Å²) in [4.78, 5) is 4.14. The first-order valence-electron chi connectivity index (χ1n) is 7.13. The van der Waals surface area contributed by atoms with Crippen molar-refractivity contribution >= 4 is 16.5 Å². The van der Waals surface area contributed by atoms with Gasteiger partial charge in [-0.2, -0.15) is 0 Å². The van der Waals surface area contributed by atoms with Crippen LogP contribution in [0.15, 0.2) is 60.9 Å². The molecule has 0 aliphatic heterocycles. The predicted octanol–water partition coefficient (Wildman–Crippen LogP) is 4.94. The molecule has 106 valence electrons. The zero-order valence-electron chi connectivity index (χ0n) is 11.9. The summed E-state index contributed by atoms with van der Waals surface area (Å²) in [6.07, 6.45) is 4.42. The van der Waals surface area contributed by atoms with Crippen molar-refractivity contribution in [3.63, 3.8) is 0 Å². The Morgan fingerprint density at radius 3 is 2.76 bits per heavy atom. The molecule has 0 amide bonds. The summed E-state index contributed by atoms with van der Waals surface area (Å²) in [5.74, 6) is -0.168. The van der Waals surface area contributed by atoms with E-state index in [9.17, 15) is 4.39 Å². The minimum Gasteiger partial charge on any atom is -0.378 e. The molecule has 0 fully saturated rings. The lowest BCUT2D eigenvalue weighted by molar-refractivity contribution is 0.587. The van der Waals surface area contributed by atoms with E-state index in [1.807, 2.05) is 42.6 Å². The second-order valence-electron chi connectivity index (χ2n) is 5.03. The van der Waals surface area contributed by atoms with Crippen molar-refractivity contribution in [2.45, 2.75) is 19.4 Å². The number of nitrogens with one attached hydrogen (secondary N) is 1. The number of benzene rings is 2. The van der Waals surface area contributed by atoms with Gasteiger partial charge in [-0.15, -0.1) is 0 Å². The fourth-order valence-corrected chi connectivity index (χ4v) is 2.59. The lowest BCUT2D eigenvalue weighted by Crippen LogP contribution is -2.11. The van der Waals surface area contributed by atoms with E-state index in [1.54, 1.807) is 12.3 Å². The monoisotopic (exact) mass is 280 g/mol. The molecule has 0 spiro atoms. The Labute approximate surface area is 123 Å². The topological polar surface area (TPSA) is 24.9 Å². The van der Waals surface area contributed by atoms with E-state index < -0.39 is 0 Å². The molecule has 0 radical (unpaired) electrons. The van der Waals surface area contributed by atoms with Gasteiger partial charge in [0.1, 0.15) is 5.82 Å². The van der Waals surface area contributed by atoms with Gasteiger partial charge < -0.3 is 5.32 Å². The molecule has 1 atom stereocenters. The third kappa shape index (κ3) is 2.72. The number of rotatable bonds is 4. The van der Waals surface area contributed by atoms with Gasteiger partial charge >= 0.3 is 0 Å². The van der Waals surface area contributed by atoms with Crippen LogP contribution in [0, 0.1) is 5.82 Å². The molecule has 0 saturated carbocycles. The van der Waals surface area contributed by atoms with Crippen LogP contribution in [-0.2, 0) is 0 Å². The average Bonchev–Trinajstić information content (AvgIpc) is 2.53. The normalized spacial score (nSPS) is 12.3. The van der Waals surface area contributed by atoms with Gasteiger partial charge in [0.2, 0.25) is 0 Å².